The molecule has 30 nitrogen and oxygen atoms in total. The summed E-state index contributed by atoms with van der Waals surface area (Å²) in [5, 5.41) is 71.1. The van der Waals surface area contributed by atoms with Crippen LogP contribution in [0.2, 0.25) is 0 Å². The van der Waals surface area contributed by atoms with Crippen LogP contribution in [0.15, 0.2) is 74.1 Å². The van der Waals surface area contributed by atoms with Gasteiger partial charge in [0, 0.05) is 40.3 Å². The monoisotopic (exact) mass is 1230 g/mol. The number of rotatable bonds is 13. The maximum atomic E-state index is 13.2. The van der Waals surface area contributed by atoms with Gasteiger partial charge in [-0.3, -0.25) is 13.6 Å². The summed E-state index contributed by atoms with van der Waals surface area (Å²) in [5.41, 5.74) is 11.6. The minimum atomic E-state index is -4.00. The van der Waals surface area contributed by atoms with Gasteiger partial charge in [0.25, 0.3) is 11.9 Å². The zero-order chi connectivity index (χ0) is 54.3. The molecule has 4 N–H and O–H groups in total. The van der Waals surface area contributed by atoms with Crippen LogP contribution in [0.4, 0.5) is 34.6 Å². The second-order valence-corrected chi connectivity index (χ2v) is 19.6. The van der Waals surface area contributed by atoms with E-state index in [1.54, 1.807) is 41.5 Å². The van der Waals surface area contributed by atoms with Crippen LogP contribution in [0.5, 0.6) is 6.01 Å². The molecule has 0 spiro atoms. The molecule has 0 aliphatic rings. The molecule has 7 aromatic rings. The minimum absolute atomic E-state index is 0. The molecule has 37 heteroatoms. The van der Waals surface area contributed by atoms with E-state index in [4.69, 9.17) is 30.6 Å². The number of nitrogens with zero attached hydrogens (tertiary/aromatic N) is 15. The van der Waals surface area contributed by atoms with Gasteiger partial charge < -0.3 is 40.9 Å². The SMILES string of the molecule is CC(C)(C)c1nn(-c2nc([O-])nc(-n3nc(C(C)(C)C)c(N=Nc4c(S(C)(=O)=O)cnn4-c4c[c-]cc(C(=O)[O-])c4)c3N)n2)c(N)c1N=Nc1c(CS(=O)[O-])cnn1-c1c[c-]cc(C(=O)[O-])c1.O=C=O.O=C=O.[K+].[K+].[K+].[K+].[K+]. The summed E-state index contributed by atoms with van der Waals surface area (Å²) in [5.74, 6) is -5.34. The fourth-order valence-corrected chi connectivity index (χ4v) is 7.40. The van der Waals surface area contributed by atoms with Crippen molar-refractivity contribution in [1.82, 2.24) is 54.1 Å². The van der Waals surface area contributed by atoms with Crippen molar-refractivity contribution < 1.29 is 318 Å². The second-order valence-electron chi connectivity index (χ2n) is 16.7. The Morgan fingerprint density at radius 1 is 0.667 bits per heavy atom. The van der Waals surface area contributed by atoms with E-state index in [1.807, 2.05) is 0 Å². The van der Waals surface area contributed by atoms with E-state index in [0.29, 0.717) is 0 Å². The zero-order valence-electron chi connectivity index (χ0n) is 43.8. The number of anilines is 2. The molecule has 78 heavy (non-hydrogen) atoms. The van der Waals surface area contributed by atoms with Gasteiger partial charge in [0.2, 0.25) is 0 Å². The fourth-order valence-electron chi connectivity index (χ4n) is 6.25. The van der Waals surface area contributed by atoms with Crippen molar-refractivity contribution in [1.29, 1.82) is 0 Å². The number of nitrogens with two attached hydrogens (primary N) is 2. The number of carbonyl (C=O) groups is 2. The van der Waals surface area contributed by atoms with Gasteiger partial charge >= 0.3 is 269 Å². The molecule has 5 heterocycles. The van der Waals surface area contributed by atoms with E-state index in [-0.39, 0.29) is 348 Å². The summed E-state index contributed by atoms with van der Waals surface area (Å²) >= 11 is -2.61. The van der Waals surface area contributed by atoms with E-state index in [9.17, 15) is 42.1 Å². The van der Waals surface area contributed by atoms with Crippen molar-refractivity contribution in [2.75, 3.05) is 17.7 Å². The van der Waals surface area contributed by atoms with Crippen LogP contribution in [0.3, 0.4) is 0 Å². The van der Waals surface area contributed by atoms with Gasteiger partial charge in [-0.25, -0.2) is 18.4 Å². The van der Waals surface area contributed by atoms with Gasteiger partial charge in [-0.15, -0.1) is 43.7 Å². The number of aromatic nitrogens is 11. The molecule has 0 aliphatic carbocycles. The molecule has 0 radical (unpaired) electrons. The average molecular weight is 1230 g/mol. The first-order valence-corrected chi connectivity index (χ1v) is 23.2. The molecule has 7 rings (SSSR count). The Bertz CT molecular complexity index is 3550. The first-order valence-electron chi connectivity index (χ1n) is 20.1. The van der Waals surface area contributed by atoms with Crippen LogP contribution in [0.1, 0.15) is 79.2 Å². The number of hydrogen-bond donors (Lipinski definition) is 2. The third-order valence-corrected chi connectivity index (χ3v) is 11.0. The van der Waals surface area contributed by atoms with Crippen LogP contribution in [-0.2, 0) is 56.7 Å². The molecular formula is C41H35K5N17O13S2-. The van der Waals surface area contributed by atoms with Gasteiger partial charge in [0.05, 0.1) is 29.8 Å². The first kappa shape index (κ1) is 76.8. The number of carboxylic acid groups (broad SMARTS) is 2. The van der Waals surface area contributed by atoms with Crippen molar-refractivity contribution in [3.8, 4) is 29.3 Å². The van der Waals surface area contributed by atoms with E-state index >= 15 is 0 Å². The van der Waals surface area contributed by atoms with Crippen molar-refractivity contribution in [2.24, 2.45) is 20.5 Å². The van der Waals surface area contributed by atoms with Crippen LogP contribution in [0.25, 0.3) is 23.3 Å². The second kappa shape index (κ2) is 33.4. The van der Waals surface area contributed by atoms with Crippen LogP contribution in [-0.4, -0.2) is 102 Å². The summed E-state index contributed by atoms with van der Waals surface area (Å²) in [6.45, 7) is 10.6. The van der Waals surface area contributed by atoms with Gasteiger partial charge in [-0.2, -0.15) is 90.3 Å². The van der Waals surface area contributed by atoms with Crippen molar-refractivity contribution in [2.45, 2.75) is 63.0 Å². The molecular weight excluding hydrogens is 1200 g/mol. The molecule has 1 atom stereocenters. The smallest absolute Gasteiger partial charge is 0.844 e. The Morgan fingerprint density at radius 3 is 1.42 bits per heavy atom. The molecule has 0 fully saturated rings. The summed E-state index contributed by atoms with van der Waals surface area (Å²) in [6, 6.07) is 11.7. The Labute approximate surface area is 658 Å². The minimum Gasteiger partial charge on any atom is -0.844 e. The number of benzene rings is 2. The normalized spacial score (nSPS) is 11.3. The quantitative estimate of drug-likeness (QED) is 0.0468. The Hall–Kier alpha value is -1.17. The molecule has 0 amide bonds. The molecule has 0 bridgehead atoms. The van der Waals surface area contributed by atoms with Gasteiger partial charge in [-0.1, -0.05) is 52.6 Å². The number of nitrogen functional groups attached to an aromatic ring is 2. The summed E-state index contributed by atoms with van der Waals surface area (Å²) < 4.78 is 53.5. The molecule has 0 saturated heterocycles. The number of carbonyl (C=O) groups excluding carboxylic acids is 6. The number of sulfone groups is 1. The van der Waals surface area contributed by atoms with Crippen molar-refractivity contribution >= 4 is 79.8 Å². The van der Waals surface area contributed by atoms with Gasteiger partial charge in [-0.05, 0) is 11.4 Å². The summed E-state index contributed by atoms with van der Waals surface area (Å²) in [4.78, 5) is 67.6. The summed E-state index contributed by atoms with van der Waals surface area (Å²) in [7, 11) is -4.00. The van der Waals surface area contributed by atoms with Gasteiger partial charge in [0.15, 0.2) is 44.5 Å². The number of carboxylic acids is 2. The molecule has 0 saturated carbocycles. The number of azo groups is 2. The van der Waals surface area contributed by atoms with E-state index < -0.39 is 67.3 Å². The predicted molar refractivity (Wildman–Crippen MR) is 237 cm³/mol. The molecule has 1 unspecified atom stereocenters. The third kappa shape index (κ3) is 19.4. The Morgan fingerprint density at radius 2 is 1.05 bits per heavy atom. The first-order chi connectivity index (χ1) is 34.2. The topological polar surface area (TPSA) is 457 Å². The number of aromatic carboxylic acids is 2. The number of hydrogen-bond acceptors (Lipinski definition) is 26. The third-order valence-electron chi connectivity index (χ3n) is 9.38. The van der Waals surface area contributed by atoms with Crippen LogP contribution in [0, 0.1) is 12.1 Å². The predicted octanol–water partition coefficient (Wildman–Crippen LogP) is -14.8. The van der Waals surface area contributed by atoms with E-state index in [1.165, 1.54) is 36.5 Å². The van der Waals surface area contributed by atoms with E-state index in [2.05, 4.69) is 67.9 Å². The average Bonchev–Trinajstić information content (AvgIpc) is 4.08. The fraction of sp³-hybridized carbons (Fsp3) is 0.244. The largest absolute Gasteiger partial charge is 1.00 e. The Kier molecular flexibility index (Phi) is 32.9. The standard InChI is InChI=1S/C39H39N17O9S2.2CO2.5K/c1-38(2,3)27-25(47-49-31-21(18-66(62)63)16-42-53(31)22-12-8-10-19(14-22)33(57)58)29(40)55(51-27)35-44-36(46-37(61)45-35)56-30(41)26(28(52-56)39(4,5)6)48-50-32-24(67(7,64)65)17-43-54(32)23-13-9-11-20(15-23)34(59)60;2*2-1-3;;;;;/h10-17H,18,40-41H2,1-7H3,(H,57,58)(H,59,60)(H,62,63)(H,44,45,46,61);;;;;;;/q-2;;;5*+1/p-4. The molecule has 380 valence electrons. The maximum Gasteiger partial charge on any atom is 1.00 e. The van der Waals surface area contributed by atoms with Gasteiger partial charge in [0.1, 0.15) is 4.90 Å². The molecule has 5 aromatic heterocycles. The van der Waals surface area contributed by atoms with Crippen molar-refractivity contribution in [3.05, 3.63) is 89.0 Å². The molecule has 0 aliphatic heterocycles. The van der Waals surface area contributed by atoms with Crippen LogP contribution < -0.4 is 284 Å². The Balaban J connectivity index is 0.00000515. The maximum absolute atomic E-state index is 13.2. The van der Waals surface area contributed by atoms with Crippen molar-refractivity contribution in [3.63, 3.8) is 0 Å². The zero-order valence-corrected chi connectivity index (χ0v) is 61.1. The summed E-state index contributed by atoms with van der Waals surface area (Å²) in [6.07, 6.45) is 3.65. The van der Waals surface area contributed by atoms with Crippen LogP contribution >= 0.6 is 0 Å². The van der Waals surface area contributed by atoms with E-state index in [0.717, 1.165) is 37.2 Å². The molecule has 2 aromatic carbocycles.